The van der Waals surface area contributed by atoms with Crippen molar-refractivity contribution in [3.63, 3.8) is 0 Å². The molecule has 2 fully saturated rings. The maximum absolute atomic E-state index is 12.7. The van der Waals surface area contributed by atoms with Gasteiger partial charge < -0.3 is 5.32 Å². The number of benzene rings is 1. The molecule has 1 aliphatic heterocycles. The minimum atomic E-state index is -0.148. The molecule has 1 aliphatic carbocycles. The summed E-state index contributed by atoms with van der Waals surface area (Å²) in [6.07, 6.45) is 8.43. The van der Waals surface area contributed by atoms with Crippen LogP contribution in [0.4, 0.5) is 5.69 Å². The lowest BCUT2D eigenvalue weighted by molar-refractivity contribution is -0.118. The van der Waals surface area contributed by atoms with E-state index in [2.05, 4.69) is 21.3 Å². The van der Waals surface area contributed by atoms with E-state index >= 15 is 0 Å². The number of amides is 1. The number of carbonyl (C=O) groups excluding carboxylic acids is 1. The highest BCUT2D eigenvalue weighted by Gasteiger charge is 2.40. The van der Waals surface area contributed by atoms with Crippen LogP contribution < -0.4 is 16.2 Å². The summed E-state index contributed by atoms with van der Waals surface area (Å²) in [5.41, 5.74) is 8.44. The molecule has 1 saturated heterocycles. The van der Waals surface area contributed by atoms with Crippen LogP contribution in [-0.4, -0.2) is 27.8 Å². The molecule has 3 unspecified atom stereocenters. The van der Waals surface area contributed by atoms with Crippen LogP contribution in [0.1, 0.15) is 31.2 Å². The molecule has 0 bridgehead atoms. The first-order valence-corrected chi connectivity index (χ1v) is 8.68. The van der Waals surface area contributed by atoms with Crippen molar-refractivity contribution in [3.8, 4) is 0 Å². The second-order valence-electron chi connectivity index (χ2n) is 6.71. The van der Waals surface area contributed by atoms with Crippen LogP contribution in [0.2, 0.25) is 0 Å². The van der Waals surface area contributed by atoms with E-state index in [0.29, 0.717) is 18.5 Å². The Morgan fingerprint density at radius 1 is 1.25 bits per heavy atom. The van der Waals surface area contributed by atoms with E-state index in [1.165, 1.54) is 12.8 Å². The highest BCUT2D eigenvalue weighted by molar-refractivity contribution is 5.95. The normalized spacial score (nSPS) is 26.1. The molecule has 126 valence electrons. The van der Waals surface area contributed by atoms with Crippen molar-refractivity contribution < 1.29 is 4.79 Å². The summed E-state index contributed by atoms with van der Waals surface area (Å²) in [5.74, 6) is 0.444. The Balaban J connectivity index is 1.42. The Hall–Kier alpha value is -2.18. The van der Waals surface area contributed by atoms with E-state index in [1.54, 1.807) is 6.20 Å². The fourth-order valence-electron chi connectivity index (χ4n) is 3.85. The van der Waals surface area contributed by atoms with E-state index in [-0.39, 0.29) is 11.9 Å². The molecular weight excluding hydrogens is 302 g/mol. The SMILES string of the molecule is O=C(Nc1cccc(Cn2cccn2)c1)C1NNC2CCCCC21. The second-order valence-corrected chi connectivity index (χ2v) is 6.71. The fraction of sp³-hybridized carbons (Fsp3) is 0.444. The van der Waals surface area contributed by atoms with Crippen molar-refractivity contribution in [1.29, 1.82) is 0 Å². The summed E-state index contributed by atoms with van der Waals surface area (Å²) in [6.45, 7) is 0.699. The first-order chi connectivity index (χ1) is 11.8. The standard InChI is InChI=1S/C18H23N5O/c24-18(17-15-7-1-2-8-16(15)21-22-17)20-14-6-3-5-13(11-14)12-23-10-4-9-19-23/h3-6,9-11,15-17,21-22H,1-2,7-8,12H2,(H,20,24). The lowest BCUT2D eigenvalue weighted by Gasteiger charge is -2.26. The predicted octanol–water partition coefficient (Wildman–Crippen LogP) is 1.91. The van der Waals surface area contributed by atoms with Crippen molar-refractivity contribution in [2.24, 2.45) is 5.92 Å². The van der Waals surface area contributed by atoms with Crippen LogP contribution in [0.5, 0.6) is 0 Å². The smallest absolute Gasteiger partial charge is 0.243 e. The van der Waals surface area contributed by atoms with Gasteiger partial charge in [0.05, 0.1) is 6.54 Å². The van der Waals surface area contributed by atoms with Crippen molar-refractivity contribution in [1.82, 2.24) is 20.6 Å². The van der Waals surface area contributed by atoms with E-state index in [4.69, 9.17) is 0 Å². The first kappa shape index (κ1) is 15.4. The maximum Gasteiger partial charge on any atom is 0.243 e. The number of hydrazine groups is 1. The number of carbonyl (C=O) groups is 1. The van der Waals surface area contributed by atoms with Gasteiger partial charge in [-0.2, -0.15) is 5.10 Å². The quantitative estimate of drug-likeness (QED) is 0.803. The van der Waals surface area contributed by atoms with E-state index in [1.807, 2.05) is 41.2 Å². The number of nitrogens with one attached hydrogen (secondary N) is 3. The van der Waals surface area contributed by atoms with Gasteiger partial charge in [0, 0.05) is 30.0 Å². The monoisotopic (exact) mass is 325 g/mol. The minimum Gasteiger partial charge on any atom is -0.325 e. The number of hydrogen-bond acceptors (Lipinski definition) is 4. The number of hydrogen-bond donors (Lipinski definition) is 3. The predicted molar refractivity (Wildman–Crippen MR) is 92.2 cm³/mol. The van der Waals surface area contributed by atoms with Gasteiger partial charge in [-0.3, -0.25) is 14.9 Å². The van der Waals surface area contributed by atoms with Crippen molar-refractivity contribution in [2.75, 3.05) is 5.32 Å². The van der Waals surface area contributed by atoms with Gasteiger partial charge in [0.1, 0.15) is 6.04 Å². The highest BCUT2D eigenvalue weighted by atomic mass is 16.2. The van der Waals surface area contributed by atoms with E-state index < -0.39 is 0 Å². The zero-order valence-electron chi connectivity index (χ0n) is 13.6. The summed E-state index contributed by atoms with van der Waals surface area (Å²) in [7, 11) is 0. The molecule has 2 heterocycles. The van der Waals surface area contributed by atoms with Gasteiger partial charge in [0.15, 0.2) is 0 Å². The number of rotatable bonds is 4. The van der Waals surface area contributed by atoms with Crippen LogP contribution in [0.15, 0.2) is 42.7 Å². The van der Waals surface area contributed by atoms with Gasteiger partial charge in [0.25, 0.3) is 0 Å². The Morgan fingerprint density at radius 2 is 2.17 bits per heavy atom. The van der Waals surface area contributed by atoms with Crippen LogP contribution in [0.3, 0.4) is 0 Å². The first-order valence-electron chi connectivity index (χ1n) is 8.68. The lowest BCUT2D eigenvalue weighted by atomic mass is 9.81. The number of anilines is 1. The van der Waals surface area contributed by atoms with Gasteiger partial charge in [-0.05, 0) is 36.6 Å². The zero-order chi connectivity index (χ0) is 16.4. The molecule has 1 amide bonds. The molecule has 0 radical (unpaired) electrons. The third-order valence-electron chi connectivity index (χ3n) is 5.05. The third-order valence-corrected chi connectivity index (χ3v) is 5.05. The topological polar surface area (TPSA) is 71.0 Å². The largest absolute Gasteiger partial charge is 0.325 e. The number of aromatic nitrogens is 2. The molecule has 6 nitrogen and oxygen atoms in total. The Kier molecular flexibility index (Phi) is 4.32. The van der Waals surface area contributed by atoms with Crippen molar-refractivity contribution in [2.45, 2.75) is 44.3 Å². The molecule has 4 rings (SSSR count). The van der Waals surface area contributed by atoms with Crippen molar-refractivity contribution >= 4 is 11.6 Å². The molecular formula is C18H23N5O. The minimum absolute atomic E-state index is 0.0492. The molecule has 1 aromatic heterocycles. The Bertz CT molecular complexity index is 699. The summed E-state index contributed by atoms with van der Waals surface area (Å²) < 4.78 is 1.87. The maximum atomic E-state index is 12.7. The van der Waals surface area contributed by atoms with Crippen LogP contribution in [-0.2, 0) is 11.3 Å². The molecule has 0 spiro atoms. The van der Waals surface area contributed by atoms with E-state index in [0.717, 1.165) is 24.1 Å². The van der Waals surface area contributed by atoms with Gasteiger partial charge >= 0.3 is 0 Å². The number of nitrogens with zero attached hydrogens (tertiary/aromatic N) is 2. The molecule has 3 atom stereocenters. The van der Waals surface area contributed by atoms with Crippen LogP contribution >= 0.6 is 0 Å². The molecule has 1 aromatic carbocycles. The zero-order valence-corrected chi connectivity index (χ0v) is 13.6. The molecule has 6 heteroatoms. The number of fused-ring (bicyclic) bond motifs is 1. The van der Waals surface area contributed by atoms with Crippen LogP contribution in [0, 0.1) is 5.92 Å². The molecule has 2 aromatic rings. The third kappa shape index (κ3) is 3.20. The summed E-state index contributed by atoms with van der Waals surface area (Å²) >= 11 is 0. The fourth-order valence-corrected chi connectivity index (χ4v) is 3.85. The average molecular weight is 325 g/mol. The van der Waals surface area contributed by atoms with Gasteiger partial charge in [-0.25, -0.2) is 5.43 Å². The highest BCUT2D eigenvalue weighted by Crippen LogP contribution is 2.30. The molecule has 24 heavy (non-hydrogen) atoms. The molecule has 2 aliphatic rings. The Morgan fingerprint density at radius 3 is 3.04 bits per heavy atom. The molecule has 1 saturated carbocycles. The van der Waals surface area contributed by atoms with Crippen molar-refractivity contribution in [3.05, 3.63) is 48.3 Å². The summed E-state index contributed by atoms with van der Waals surface area (Å²) in [6, 6.07) is 10.2. The second kappa shape index (κ2) is 6.75. The van der Waals surface area contributed by atoms with E-state index in [9.17, 15) is 4.79 Å². The Labute approximate surface area is 141 Å². The molecule has 3 N–H and O–H groups in total. The van der Waals surface area contributed by atoms with Gasteiger partial charge in [-0.15, -0.1) is 0 Å². The van der Waals surface area contributed by atoms with Gasteiger partial charge in [0.2, 0.25) is 5.91 Å². The lowest BCUT2D eigenvalue weighted by Crippen LogP contribution is -2.42. The van der Waals surface area contributed by atoms with Crippen LogP contribution in [0.25, 0.3) is 0 Å². The van der Waals surface area contributed by atoms with Gasteiger partial charge in [-0.1, -0.05) is 25.0 Å². The summed E-state index contributed by atoms with van der Waals surface area (Å²) in [5, 5.41) is 7.29. The summed E-state index contributed by atoms with van der Waals surface area (Å²) in [4.78, 5) is 12.7. The average Bonchev–Trinajstić information content (AvgIpc) is 3.24.